The zero-order chi connectivity index (χ0) is 22.9. The van der Waals surface area contributed by atoms with Crippen molar-refractivity contribution in [2.24, 2.45) is 0 Å². The monoisotopic (exact) mass is 460 g/mol. The third kappa shape index (κ3) is 3.76. The average molecular weight is 461 g/mol. The normalized spacial score (nSPS) is 15.2. The van der Waals surface area contributed by atoms with Crippen molar-refractivity contribution in [2.75, 3.05) is 11.5 Å². The van der Waals surface area contributed by atoms with E-state index in [1.54, 1.807) is 42.6 Å². The van der Waals surface area contributed by atoms with Crippen LogP contribution in [-0.4, -0.2) is 17.5 Å². The molecule has 4 aromatic rings. The number of amides is 1. The number of hydrogen-bond donors (Lipinski definition) is 0. The van der Waals surface area contributed by atoms with Gasteiger partial charge in [-0.05, 0) is 54.4 Å². The Balaban J connectivity index is 1.67. The van der Waals surface area contributed by atoms with Crippen molar-refractivity contribution in [1.29, 1.82) is 0 Å². The van der Waals surface area contributed by atoms with Crippen LogP contribution >= 0.6 is 11.6 Å². The van der Waals surface area contributed by atoms with Crippen LogP contribution in [0.25, 0.3) is 11.0 Å². The SMILES string of the molecule is CCCCOc1ccc(C2c3c(oc4ccc(Cl)cc4c3=O)C(=O)N2c2ccccn2)cc1. The van der Waals surface area contributed by atoms with Crippen LogP contribution in [0, 0.1) is 0 Å². The van der Waals surface area contributed by atoms with Gasteiger partial charge >= 0.3 is 0 Å². The van der Waals surface area contributed by atoms with Gasteiger partial charge in [0.05, 0.1) is 23.6 Å². The number of pyridine rings is 1. The summed E-state index contributed by atoms with van der Waals surface area (Å²) in [5.41, 5.74) is 1.07. The predicted octanol–water partition coefficient (Wildman–Crippen LogP) is 5.77. The maximum Gasteiger partial charge on any atom is 0.296 e. The van der Waals surface area contributed by atoms with E-state index < -0.39 is 11.9 Å². The van der Waals surface area contributed by atoms with Crippen molar-refractivity contribution < 1.29 is 13.9 Å². The minimum Gasteiger partial charge on any atom is -0.494 e. The fourth-order valence-electron chi connectivity index (χ4n) is 4.07. The quantitative estimate of drug-likeness (QED) is 0.341. The number of halogens is 1. The Morgan fingerprint density at radius 1 is 1.09 bits per heavy atom. The molecule has 166 valence electrons. The summed E-state index contributed by atoms with van der Waals surface area (Å²) in [5, 5.41) is 0.757. The molecule has 2 aromatic carbocycles. The molecule has 0 saturated heterocycles. The van der Waals surface area contributed by atoms with Crippen molar-refractivity contribution in [3.8, 4) is 5.75 Å². The van der Waals surface area contributed by atoms with E-state index in [1.165, 1.54) is 4.90 Å². The molecule has 0 aliphatic carbocycles. The molecular formula is C26H21ClN2O4. The van der Waals surface area contributed by atoms with Gasteiger partial charge in [0.2, 0.25) is 5.76 Å². The molecule has 0 saturated carbocycles. The van der Waals surface area contributed by atoms with Crippen molar-refractivity contribution in [2.45, 2.75) is 25.8 Å². The van der Waals surface area contributed by atoms with Gasteiger partial charge in [-0.1, -0.05) is 43.1 Å². The second-order valence-electron chi connectivity index (χ2n) is 7.85. The van der Waals surface area contributed by atoms with Gasteiger partial charge in [0.1, 0.15) is 17.2 Å². The number of hydrogen-bond acceptors (Lipinski definition) is 5. The highest BCUT2D eigenvalue weighted by Crippen LogP contribution is 2.41. The van der Waals surface area contributed by atoms with E-state index in [4.69, 9.17) is 20.8 Å². The van der Waals surface area contributed by atoms with Gasteiger partial charge in [0.25, 0.3) is 5.91 Å². The van der Waals surface area contributed by atoms with Crippen LogP contribution in [0.4, 0.5) is 5.82 Å². The molecule has 5 rings (SSSR count). The average Bonchev–Trinajstić information content (AvgIpc) is 3.13. The number of carbonyl (C=O) groups is 1. The highest BCUT2D eigenvalue weighted by molar-refractivity contribution is 6.31. The molecule has 1 unspecified atom stereocenters. The van der Waals surface area contributed by atoms with Crippen LogP contribution in [0.15, 0.2) is 76.1 Å². The number of fused-ring (bicyclic) bond motifs is 2. The van der Waals surface area contributed by atoms with Gasteiger partial charge in [-0.3, -0.25) is 14.5 Å². The molecule has 1 atom stereocenters. The Kier molecular flexibility index (Phi) is 5.60. The fraction of sp³-hybridized carbons (Fsp3) is 0.192. The summed E-state index contributed by atoms with van der Waals surface area (Å²) in [4.78, 5) is 32.9. The first kappa shape index (κ1) is 21.2. The van der Waals surface area contributed by atoms with Crippen LogP contribution in [0.3, 0.4) is 0 Å². The summed E-state index contributed by atoms with van der Waals surface area (Å²) in [6.07, 6.45) is 3.63. The van der Waals surface area contributed by atoms with Crippen LogP contribution < -0.4 is 15.1 Å². The molecule has 0 radical (unpaired) electrons. The van der Waals surface area contributed by atoms with Crippen molar-refractivity contribution in [3.05, 3.63) is 99.0 Å². The van der Waals surface area contributed by atoms with Gasteiger partial charge < -0.3 is 9.15 Å². The minimum atomic E-state index is -0.688. The summed E-state index contributed by atoms with van der Waals surface area (Å²) in [5.74, 6) is 0.779. The number of carbonyl (C=O) groups excluding carboxylic acids is 1. The Labute approximate surface area is 195 Å². The first-order chi connectivity index (χ1) is 16.1. The number of rotatable bonds is 6. The summed E-state index contributed by atoms with van der Waals surface area (Å²) in [7, 11) is 0. The number of unbranched alkanes of at least 4 members (excludes halogenated alkanes) is 1. The molecule has 3 heterocycles. The summed E-state index contributed by atoms with van der Waals surface area (Å²) in [6, 6.07) is 16.9. The van der Waals surface area contributed by atoms with Crippen LogP contribution in [0.2, 0.25) is 5.02 Å². The molecule has 1 aliphatic rings. The van der Waals surface area contributed by atoms with E-state index in [2.05, 4.69) is 11.9 Å². The Bertz CT molecular complexity index is 1380. The maximum absolute atomic E-state index is 13.6. The zero-order valence-corrected chi connectivity index (χ0v) is 18.7. The summed E-state index contributed by atoms with van der Waals surface area (Å²) < 4.78 is 11.7. The lowest BCUT2D eigenvalue weighted by molar-refractivity contribution is 0.0970. The predicted molar refractivity (Wildman–Crippen MR) is 127 cm³/mol. The second-order valence-corrected chi connectivity index (χ2v) is 8.29. The number of benzene rings is 2. The largest absolute Gasteiger partial charge is 0.494 e. The highest BCUT2D eigenvalue weighted by Gasteiger charge is 2.44. The lowest BCUT2D eigenvalue weighted by Crippen LogP contribution is -2.30. The van der Waals surface area contributed by atoms with E-state index in [0.29, 0.717) is 28.4 Å². The third-order valence-electron chi connectivity index (χ3n) is 5.69. The molecular weight excluding hydrogens is 440 g/mol. The van der Waals surface area contributed by atoms with E-state index in [-0.39, 0.29) is 16.8 Å². The molecule has 33 heavy (non-hydrogen) atoms. The first-order valence-electron chi connectivity index (χ1n) is 10.8. The van der Waals surface area contributed by atoms with Gasteiger partial charge in [-0.15, -0.1) is 0 Å². The summed E-state index contributed by atoms with van der Waals surface area (Å²) >= 11 is 6.14. The highest BCUT2D eigenvalue weighted by atomic mass is 35.5. The Morgan fingerprint density at radius 2 is 1.91 bits per heavy atom. The minimum absolute atomic E-state index is 0.0220. The standard InChI is InChI=1S/C26H21ClN2O4/c1-2-3-14-32-18-10-7-16(8-11-18)23-22-24(30)19-15-17(27)9-12-20(19)33-25(22)26(31)29(23)21-6-4-5-13-28-21/h4-13,15,23H,2-3,14H2,1H3. The summed E-state index contributed by atoms with van der Waals surface area (Å²) in [6.45, 7) is 2.74. The van der Waals surface area contributed by atoms with E-state index >= 15 is 0 Å². The van der Waals surface area contributed by atoms with E-state index in [9.17, 15) is 9.59 Å². The number of anilines is 1. The molecule has 0 fully saturated rings. The first-order valence-corrected chi connectivity index (χ1v) is 11.2. The molecule has 2 aromatic heterocycles. The van der Waals surface area contributed by atoms with Crippen LogP contribution in [0.1, 0.15) is 47.5 Å². The number of nitrogens with zero attached hydrogens (tertiary/aromatic N) is 2. The lowest BCUT2D eigenvalue weighted by Gasteiger charge is -2.24. The smallest absolute Gasteiger partial charge is 0.296 e. The Morgan fingerprint density at radius 3 is 2.64 bits per heavy atom. The third-order valence-corrected chi connectivity index (χ3v) is 5.93. The molecule has 1 amide bonds. The second kappa shape index (κ2) is 8.71. The van der Waals surface area contributed by atoms with Gasteiger partial charge in [-0.25, -0.2) is 4.98 Å². The molecule has 0 bridgehead atoms. The number of ether oxygens (including phenoxy) is 1. The molecule has 7 heteroatoms. The van der Waals surface area contributed by atoms with E-state index in [0.717, 1.165) is 24.2 Å². The molecule has 0 N–H and O–H groups in total. The zero-order valence-electron chi connectivity index (χ0n) is 18.0. The van der Waals surface area contributed by atoms with Crippen molar-refractivity contribution in [3.63, 3.8) is 0 Å². The topological polar surface area (TPSA) is 72.6 Å². The molecule has 6 nitrogen and oxygen atoms in total. The fourth-order valence-corrected chi connectivity index (χ4v) is 4.25. The van der Waals surface area contributed by atoms with Crippen LogP contribution in [-0.2, 0) is 0 Å². The van der Waals surface area contributed by atoms with Crippen LogP contribution in [0.5, 0.6) is 5.75 Å². The molecule has 0 spiro atoms. The van der Waals surface area contributed by atoms with Gasteiger partial charge in [0, 0.05) is 11.2 Å². The maximum atomic E-state index is 13.6. The van der Waals surface area contributed by atoms with Crippen molar-refractivity contribution >= 4 is 34.3 Å². The number of aromatic nitrogens is 1. The van der Waals surface area contributed by atoms with E-state index in [1.807, 2.05) is 24.3 Å². The van der Waals surface area contributed by atoms with Crippen molar-refractivity contribution in [1.82, 2.24) is 4.98 Å². The van der Waals surface area contributed by atoms with Gasteiger partial charge in [0.15, 0.2) is 5.43 Å². The van der Waals surface area contributed by atoms with Gasteiger partial charge in [-0.2, -0.15) is 0 Å². The lowest BCUT2D eigenvalue weighted by atomic mass is 9.98. The Hall–Kier alpha value is -3.64. The molecule has 1 aliphatic heterocycles.